The summed E-state index contributed by atoms with van der Waals surface area (Å²) in [4.78, 5) is 33.6. The highest BCUT2D eigenvalue weighted by Gasteiger charge is 2.37. The van der Waals surface area contributed by atoms with Gasteiger partial charge < -0.3 is 18.8 Å². The van der Waals surface area contributed by atoms with Crippen LogP contribution < -0.4 is 24.4 Å². The maximum absolute atomic E-state index is 14.4. The van der Waals surface area contributed by atoms with Crippen molar-refractivity contribution in [3.8, 4) is 11.5 Å². The largest absolute Gasteiger partial charge is 0.497 e. The summed E-state index contributed by atoms with van der Waals surface area (Å²) in [7, 11) is 5.14. The number of carbonyl (C=O) groups is 1. The molecule has 6 rings (SSSR count). The predicted molar refractivity (Wildman–Crippen MR) is 168 cm³/mol. The predicted octanol–water partition coefficient (Wildman–Crippen LogP) is 4.75. The van der Waals surface area contributed by atoms with E-state index in [0.717, 1.165) is 27.7 Å². The molecule has 2 aromatic heterocycles. The third kappa shape index (κ3) is 4.75. The average Bonchev–Trinajstić information content (AvgIpc) is 3.48. The Morgan fingerprint density at radius 2 is 1.77 bits per heavy atom. The van der Waals surface area contributed by atoms with Crippen molar-refractivity contribution in [2.45, 2.75) is 19.9 Å². The first kappa shape index (κ1) is 28.2. The molecule has 1 aliphatic rings. The lowest BCUT2D eigenvalue weighted by molar-refractivity contribution is -0.138. The van der Waals surface area contributed by atoms with Crippen molar-refractivity contribution in [1.29, 1.82) is 0 Å². The van der Waals surface area contributed by atoms with Gasteiger partial charge in [-0.15, -0.1) is 0 Å². The lowest BCUT2D eigenvalue weighted by Crippen LogP contribution is -2.40. The lowest BCUT2D eigenvalue weighted by Gasteiger charge is -2.27. The molecule has 0 saturated heterocycles. The van der Waals surface area contributed by atoms with Crippen LogP contribution in [0.15, 0.2) is 88.2 Å². The highest BCUT2D eigenvalue weighted by molar-refractivity contribution is 7.07. The number of ether oxygens (including phenoxy) is 3. The number of para-hydroxylation sites is 1. The summed E-state index contributed by atoms with van der Waals surface area (Å²) in [6.07, 6.45) is 1.93. The summed E-state index contributed by atoms with van der Waals surface area (Å²) in [6.45, 7) is 3.97. The van der Waals surface area contributed by atoms with Gasteiger partial charge >= 0.3 is 5.97 Å². The molecule has 218 valence electrons. The van der Waals surface area contributed by atoms with Crippen molar-refractivity contribution in [3.05, 3.63) is 120 Å². The van der Waals surface area contributed by atoms with Crippen LogP contribution in [0, 0.1) is 6.92 Å². The van der Waals surface area contributed by atoms with Crippen molar-refractivity contribution in [2.75, 3.05) is 20.8 Å². The Hall–Kier alpha value is -4.89. The Labute approximate surface area is 252 Å². The topological polar surface area (TPSA) is 84.1 Å². The van der Waals surface area contributed by atoms with Gasteiger partial charge in [0.2, 0.25) is 0 Å². The first-order valence-electron chi connectivity index (χ1n) is 13.9. The van der Waals surface area contributed by atoms with E-state index in [9.17, 15) is 9.59 Å². The van der Waals surface area contributed by atoms with Gasteiger partial charge in [-0.05, 0) is 38.1 Å². The third-order valence-electron chi connectivity index (χ3n) is 7.83. The molecule has 0 bridgehead atoms. The zero-order valence-electron chi connectivity index (χ0n) is 24.6. The first-order valence-corrected chi connectivity index (χ1v) is 14.7. The van der Waals surface area contributed by atoms with Crippen molar-refractivity contribution < 1.29 is 19.0 Å². The summed E-state index contributed by atoms with van der Waals surface area (Å²) in [5.74, 6) is 0.511. The van der Waals surface area contributed by atoms with Gasteiger partial charge in [-0.3, -0.25) is 9.36 Å². The number of benzene rings is 3. The van der Waals surface area contributed by atoms with E-state index in [4.69, 9.17) is 19.2 Å². The Balaban J connectivity index is 1.70. The van der Waals surface area contributed by atoms with Crippen molar-refractivity contribution in [2.24, 2.45) is 12.0 Å². The molecule has 1 aliphatic heterocycles. The molecule has 0 aliphatic carbocycles. The van der Waals surface area contributed by atoms with Crippen LogP contribution in [-0.2, 0) is 16.6 Å². The number of thiazole rings is 1. The summed E-state index contributed by atoms with van der Waals surface area (Å²) >= 11 is 1.30. The average molecular weight is 594 g/mol. The molecule has 5 aromatic rings. The minimum absolute atomic E-state index is 0.168. The number of nitrogens with zero attached hydrogens (tertiary/aromatic N) is 3. The van der Waals surface area contributed by atoms with Crippen LogP contribution >= 0.6 is 11.3 Å². The molecule has 0 fully saturated rings. The van der Waals surface area contributed by atoms with Crippen molar-refractivity contribution in [1.82, 2.24) is 9.13 Å². The van der Waals surface area contributed by atoms with Gasteiger partial charge in [-0.25, -0.2) is 9.79 Å². The lowest BCUT2D eigenvalue weighted by atomic mass is 9.92. The normalized spacial score (nSPS) is 14.9. The van der Waals surface area contributed by atoms with E-state index in [2.05, 4.69) is 16.7 Å². The smallest absolute Gasteiger partial charge is 0.338 e. The van der Waals surface area contributed by atoms with Crippen LogP contribution in [0.2, 0.25) is 0 Å². The van der Waals surface area contributed by atoms with E-state index in [1.807, 2.05) is 68.6 Å². The fourth-order valence-electron chi connectivity index (χ4n) is 5.64. The van der Waals surface area contributed by atoms with Gasteiger partial charge in [-0.2, -0.15) is 0 Å². The number of esters is 1. The second-order valence-corrected chi connectivity index (χ2v) is 11.1. The van der Waals surface area contributed by atoms with Crippen LogP contribution in [0.4, 0.5) is 0 Å². The van der Waals surface area contributed by atoms with Crippen LogP contribution in [0.3, 0.4) is 0 Å². The van der Waals surface area contributed by atoms with Crippen LogP contribution in [0.5, 0.6) is 11.5 Å². The molecule has 1 unspecified atom stereocenters. The number of aromatic nitrogens is 2. The fourth-order valence-corrected chi connectivity index (χ4v) is 6.63. The first-order chi connectivity index (χ1) is 20.9. The van der Waals surface area contributed by atoms with Gasteiger partial charge in [0.15, 0.2) is 4.80 Å². The summed E-state index contributed by atoms with van der Waals surface area (Å²) in [5, 5.41) is 1.05. The molecule has 3 aromatic carbocycles. The van der Waals surface area contributed by atoms with E-state index in [1.165, 1.54) is 11.3 Å². The van der Waals surface area contributed by atoms with E-state index < -0.39 is 12.0 Å². The number of hydrogen-bond donors (Lipinski definition) is 0. The molecule has 0 spiro atoms. The number of aryl methyl sites for hydroxylation is 1. The zero-order chi connectivity index (χ0) is 30.2. The maximum atomic E-state index is 14.4. The maximum Gasteiger partial charge on any atom is 0.338 e. The number of carbonyl (C=O) groups excluding carboxylic acids is 1. The molecule has 8 nitrogen and oxygen atoms in total. The monoisotopic (exact) mass is 593 g/mol. The minimum atomic E-state index is -0.859. The van der Waals surface area contributed by atoms with E-state index in [-0.39, 0.29) is 17.7 Å². The van der Waals surface area contributed by atoms with Crippen LogP contribution in [-0.4, -0.2) is 35.9 Å². The van der Waals surface area contributed by atoms with Crippen LogP contribution in [0.1, 0.15) is 35.3 Å². The Morgan fingerprint density at radius 1 is 1.02 bits per heavy atom. The third-order valence-corrected chi connectivity index (χ3v) is 8.82. The zero-order valence-corrected chi connectivity index (χ0v) is 25.4. The molecule has 0 saturated carbocycles. The van der Waals surface area contributed by atoms with Gasteiger partial charge in [0.05, 0.1) is 36.6 Å². The van der Waals surface area contributed by atoms with Gasteiger partial charge in [0.1, 0.15) is 17.5 Å². The van der Waals surface area contributed by atoms with E-state index in [1.54, 1.807) is 37.8 Å². The van der Waals surface area contributed by atoms with Crippen molar-refractivity contribution >= 4 is 40.0 Å². The second kappa shape index (κ2) is 11.4. The van der Waals surface area contributed by atoms with E-state index in [0.29, 0.717) is 32.1 Å². The Kier molecular flexibility index (Phi) is 7.50. The molecule has 0 N–H and O–H groups in total. The molecule has 9 heteroatoms. The van der Waals surface area contributed by atoms with Gasteiger partial charge in [0, 0.05) is 46.4 Å². The molecule has 0 amide bonds. The number of hydrogen-bond acceptors (Lipinski definition) is 7. The van der Waals surface area contributed by atoms with E-state index >= 15 is 0 Å². The number of methoxy groups -OCH3 is 2. The SMILES string of the molecule is CCOC(=O)C1=C(c2ccccc2)N=c2s/c(=C\c3c(C)n(C)c4ccccc34)c(=O)n2C1c1ccc(OC)cc1OC. The summed E-state index contributed by atoms with van der Waals surface area (Å²) < 4.78 is 21.0. The molecule has 43 heavy (non-hydrogen) atoms. The summed E-state index contributed by atoms with van der Waals surface area (Å²) in [6, 6.07) is 22.1. The molecule has 1 atom stereocenters. The van der Waals surface area contributed by atoms with Gasteiger partial charge in [0.25, 0.3) is 5.56 Å². The number of rotatable bonds is 7. The van der Waals surface area contributed by atoms with Crippen LogP contribution in [0.25, 0.3) is 22.7 Å². The Morgan fingerprint density at radius 3 is 2.49 bits per heavy atom. The fraction of sp³-hybridized carbons (Fsp3) is 0.206. The van der Waals surface area contributed by atoms with Gasteiger partial charge in [-0.1, -0.05) is 59.9 Å². The summed E-state index contributed by atoms with van der Waals surface area (Å²) in [5.41, 5.74) is 4.90. The quantitative estimate of drug-likeness (QED) is 0.254. The molecule has 0 radical (unpaired) electrons. The minimum Gasteiger partial charge on any atom is -0.497 e. The highest BCUT2D eigenvalue weighted by Crippen LogP contribution is 2.40. The highest BCUT2D eigenvalue weighted by atomic mass is 32.1. The van der Waals surface area contributed by atoms with Crippen molar-refractivity contribution in [3.63, 3.8) is 0 Å². The second-order valence-electron chi connectivity index (χ2n) is 10.1. The molecular weight excluding hydrogens is 562 g/mol. The standard InChI is InChI=1S/C34H31N3O5S/c1-6-42-33(39)29-30(21-12-8-7-9-13-21)35-34-37(31(29)24-17-16-22(40-4)18-27(24)41-5)32(38)28(43-34)19-25-20(2)36(3)26-15-11-10-14-23(25)26/h7-19,31H,6H2,1-5H3/b28-19-. The Bertz CT molecular complexity index is 2090. The molecular formula is C34H31N3O5S. The molecule has 3 heterocycles. The number of fused-ring (bicyclic) bond motifs is 2.